The van der Waals surface area contributed by atoms with Crippen LogP contribution in [0, 0.1) is 0 Å². The monoisotopic (exact) mass is 322 g/mol. The Morgan fingerprint density at radius 2 is 2.09 bits per heavy atom. The summed E-state index contributed by atoms with van der Waals surface area (Å²) < 4.78 is 6.72. The Bertz CT molecular complexity index is 628. The maximum Gasteiger partial charge on any atom is 0.227 e. The van der Waals surface area contributed by atoms with Gasteiger partial charge in [0.05, 0.1) is 18.9 Å². The average Bonchev–Trinajstić information content (AvgIpc) is 2.85. The van der Waals surface area contributed by atoms with Gasteiger partial charge in [0.1, 0.15) is 5.75 Å². The van der Waals surface area contributed by atoms with Crippen molar-refractivity contribution in [3.8, 4) is 5.75 Å². The second-order valence-corrected chi connectivity index (χ2v) is 5.28. The number of nitrogens with one attached hydrogen (secondary N) is 1. The van der Waals surface area contributed by atoms with Crippen molar-refractivity contribution >= 4 is 23.4 Å². The number of hydrogen-bond donors (Lipinski definition) is 3. The molecule has 0 unspecified atom stereocenters. The molecule has 1 aromatic heterocycles. The molecule has 0 fully saturated rings. The van der Waals surface area contributed by atoms with Crippen LogP contribution in [0.3, 0.4) is 0 Å². The first-order chi connectivity index (χ1) is 10.6. The Hall–Kier alpha value is -2.42. The van der Waals surface area contributed by atoms with Gasteiger partial charge in [0.25, 0.3) is 0 Å². The van der Waals surface area contributed by atoms with Crippen molar-refractivity contribution in [2.45, 2.75) is 18.6 Å². The van der Waals surface area contributed by atoms with Gasteiger partial charge in [-0.05, 0) is 31.2 Å². The number of amides is 1. The molecule has 1 aromatic carbocycles. The Morgan fingerprint density at radius 3 is 2.73 bits per heavy atom. The third-order valence-electron chi connectivity index (χ3n) is 2.69. The van der Waals surface area contributed by atoms with Gasteiger partial charge in [-0.3, -0.25) is 4.79 Å². The molecule has 1 amide bonds. The summed E-state index contributed by atoms with van der Waals surface area (Å²) in [6.45, 7) is 2.98. The number of primary amides is 1. The molecule has 22 heavy (non-hydrogen) atoms. The van der Waals surface area contributed by atoms with Gasteiger partial charge in [-0.2, -0.15) is 0 Å². The van der Waals surface area contributed by atoms with Crippen molar-refractivity contribution < 1.29 is 9.53 Å². The summed E-state index contributed by atoms with van der Waals surface area (Å²) in [5, 5.41) is 11.5. The molecule has 0 aliphatic heterocycles. The number of aromatic nitrogens is 3. The number of ether oxygens (including phenoxy) is 1. The van der Waals surface area contributed by atoms with E-state index in [0.29, 0.717) is 24.1 Å². The number of nitrogen functional groups attached to an aromatic ring is 1. The van der Waals surface area contributed by atoms with Gasteiger partial charge in [0.2, 0.25) is 11.1 Å². The summed E-state index contributed by atoms with van der Waals surface area (Å²) in [5.74, 6) is 6.94. The highest BCUT2D eigenvalue weighted by atomic mass is 32.2. The van der Waals surface area contributed by atoms with Gasteiger partial charge >= 0.3 is 0 Å². The van der Waals surface area contributed by atoms with Gasteiger partial charge in [0.15, 0.2) is 5.82 Å². The van der Waals surface area contributed by atoms with Crippen LogP contribution in [0.2, 0.25) is 0 Å². The number of carbonyl (C=O) groups is 1. The summed E-state index contributed by atoms with van der Waals surface area (Å²) in [5.41, 5.74) is 6.00. The number of nitrogens with zero attached hydrogens (tertiary/aromatic N) is 3. The van der Waals surface area contributed by atoms with Gasteiger partial charge in [-0.25, -0.2) is 4.68 Å². The van der Waals surface area contributed by atoms with Crippen LogP contribution in [0.4, 0.5) is 5.69 Å². The first-order valence-electron chi connectivity index (χ1n) is 6.67. The van der Waals surface area contributed by atoms with Crippen molar-refractivity contribution in [3.63, 3.8) is 0 Å². The molecular formula is C13H18N6O2S. The van der Waals surface area contributed by atoms with E-state index in [0.717, 1.165) is 23.2 Å². The van der Waals surface area contributed by atoms with Crippen LogP contribution in [-0.4, -0.2) is 33.1 Å². The minimum atomic E-state index is -0.429. The number of hydrogen-bond acceptors (Lipinski definition) is 7. The van der Waals surface area contributed by atoms with Crippen molar-refractivity contribution in [1.29, 1.82) is 0 Å². The summed E-state index contributed by atoms with van der Waals surface area (Å²) in [7, 11) is 0. The van der Waals surface area contributed by atoms with E-state index in [1.165, 1.54) is 4.68 Å². The zero-order valence-electron chi connectivity index (χ0n) is 12.2. The van der Waals surface area contributed by atoms with Crippen molar-refractivity contribution in [1.82, 2.24) is 14.9 Å². The lowest BCUT2D eigenvalue weighted by Crippen LogP contribution is -2.18. The van der Waals surface area contributed by atoms with Gasteiger partial charge in [-0.15, -0.1) is 10.2 Å². The molecule has 1 heterocycles. The Labute approximate surface area is 132 Å². The number of anilines is 1. The van der Waals surface area contributed by atoms with Gasteiger partial charge in [0, 0.05) is 5.69 Å². The SMILES string of the molecule is CCOc1ccc(NCc2nnc(SCC(N)=O)n2N)cc1. The highest BCUT2D eigenvalue weighted by molar-refractivity contribution is 7.99. The number of benzene rings is 1. The van der Waals surface area contributed by atoms with Crippen LogP contribution in [0.25, 0.3) is 0 Å². The Morgan fingerprint density at radius 1 is 1.36 bits per heavy atom. The molecule has 118 valence electrons. The number of thioether (sulfide) groups is 1. The van der Waals surface area contributed by atoms with Crippen molar-refractivity contribution in [3.05, 3.63) is 30.1 Å². The number of carbonyl (C=O) groups excluding carboxylic acids is 1. The predicted molar refractivity (Wildman–Crippen MR) is 85.0 cm³/mol. The molecule has 0 aliphatic rings. The van der Waals surface area contributed by atoms with Gasteiger partial charge < -0.3 is 21.6 Å². The standard InChI is InChI=1S/C13H18N6O2S/c1-2-21-10-5-3-9(4-6-10)16-7-12-17-18-13(19(12)15)22-8-11(14)20/h3-6,16H,2,7-8,15H2,1H3,(H2,14,20). The zero-order valence-corrected chi connectivity index (χ0v) is 13.0. The summed E-state index contributed by atoms with van der Waals surface area (Å²) in [6.07, 6.45) is 0. The van der Waals surface area contributed by atoms with Gasteiger partial charge in [-0.1, -0.05) is 11.8 Å². The summed E-state index contributed by atoms with van der Waals surface area (Å²) in [6, 6.07) is 7.58. The largest absolute Gasteiger partial charge is 0.494 e. The van der Waals surface area contributed by atoms with Crippen LogP contribution >= 0.6 is 11.8 Å². The molecule has 2 aromatic rings. The fourth-order valence-electron chi connectivity index (χ4n) is 1.68. The Kier molecular flexibility index (Phi) is 5.48. The quantitative estimate of drug-likeness (QED) is 0.480. The molecule has 0 spiro atoms. The van der Waals surface area contributed by atoms with E-state index in [9.17, 15) is 4.79 Å². The Balaban J connectivity index is 1.92. The molecular weight excluding hydrogens is 304 g/mol. The van der Waals surface area contributed by atoms with E-state index in [1.54, 1.807) is 0 Å². The fraction of sp³-hybridized carbons (Fsp3) is 0.308. The molecule has 0 bridgehead atoms. The van der Waals surface area contributed by atoms with Crippen LogP contribution in [0.1, 0.15) is 12.7 Å². The van der Waals surface area contributed by atoms with E-state index in [2.05, 4.69) is 15.5 Å². The van der Waals surface area contributed by atoms with Crippen molar-refractivity contribution in [2.75, 3.05) is 23.5 Å². The molecule has 5 N–H and O–H groups in total. The van der Waals surface area contributed by atoms with E-state index in [1.807, 2.05) is 31.2 Å². The van der Waals surface area contributed by atoms with Crippen LogP contribution < -0.4 is 21.6 Å². The fourth-order valence-corrected chi connectivity index (χ4v) is 2.29. The lowest BCUT2D eigenvalue weighted by atomic mass is 10.3. The summed E-state index contributed by atoms with van der Waals surface area (Å²) >= 11 is 1.15. The van der Waals surface area contributed by atoms with Crippen LogP contribution in [-0.2, 0) is 11.3 Å². The maximum atomic E-state index is 10.8. The maximum absolute atomic E-state index is 10.8. The number of rotatable bonds is 8. The van der Waals surface area contributed by atoms with E-state index < -0.39 is 5.91 Å². The van der Waals surface area contributed by atoms with Crippen LogP contribution in [0.15, 0.2) is 29.4 Å². The minimum Gasteiger partial charge on any atom is -0.494 e. The topological polar surface area (TPSA) is 121 Å². The lowest BCUT2D eigenvalue weighted by Gasteiger charge is -2.08. The predicted octanol–water partition coefficient (Wildman–Crippen LogP) is 0.580. The first-order valence-corrected chi connectivity index (χ1v) is 7.66. The third kappa shape index (κ3) is 4.29. The van der Waals surface area contributed by atoms with Crippen molar-refractivity contribution in [2.24, 2.45) is 5.73 Å². The summed E-state index contributed by atoms with van der Waals surface area (Å²) in [4.78, 5) is 10.8. The van der Waals surface area contributed by atoms with E-state index in [4.69, 9.17) is 16.3 Å². The third-order valence-corrected chi connectivity index (χ3v) is 3.66. The average molecular weight is 322 g/mol. The van der Waals surface area contributed by atoms with E-state index >= 15 is 0 Å². The second kappa shape index (κ2) is 7.55. The molecule has 0 radical (unpaired) electrons. The van der Waals surface area contributed by atoms with E-state index in [-0.39, 0.29) is 5.75 Å². The molecule has 9 heteroatoms. The molecule has 0 saturated carbocycles. The molecule has 8 nitrogen and oxygen atoms in total. The highest BCUT2D eigenvalue weighted by Gasteiger charge is 2.11. The smallest absolute Gasteiger partial charge is 0.227 e. The second-order valence-electron chi connectivity index (χ2n) is 4.33. The number of nitrogens with two attached hydrogens (primary N) is 2. The molecule has 0 atom stereocenters. The zero-order chi connectivity index (χ0) is 15.9. The molecule has 0 saturated heterocycles. The van der Waals surface area contributed by atoms with Crippen LogP contribution in [0.5, 0.6) is 5.75 Å². The lowest BCUT2D eigenvalue weighted by molar-refractivity contribution is -0.115. The highest BCUT2D eigenvalue weighted by Crippen LogP contribution is 2.17. The normalized spacial score (nSPS) is 10.4. The minimum absolute atomic E-state index is 0.113. The molecule has 2 rings (SSSR count). The molecule has 0 aliphatic carbocycles. The first kappa shape index (κ1) is 16.0.